The number of aromatic carboxylic acids is 1. The van der Waals surface area contributed by atoms with Crippen molar-refractivity contribution in [1.82, 2.24) is 0 Å². The summed E-state index contributed by atoms with van der Waals surface area (Å²) in [5, 5.41) is 20.4. The number of hydrogen-bond acceptors (Lipinski definition) is 3. The third kappa shape index (κ3) is 2.59. The number of halogens is 2. The first kappa shape index (κ1) is 14.3. The van der Waals surface area contributed by atoms with Gasteiger partial charge in [0.1, 0.15) is 5.56 Å². The van der Waals surface area contributed by atoms with Crippen molar-refractivity contribution in [2.45, 2.75) is 0 Å². The fourth-order valence-corrected chi connectivity index (χ4v) is 2.17. The lowest BCUT2D eigenvalue weighted by molar-refractivity contribution is -0.385. The quantitative estimate of drug-likeness (QED) is 0.678. The lowest BCUT2D eigenvalue weighted by Gasteiger charge is -2.07. The maximum absolute atomic E-state index is 10.9. The highest BCUT2D eigenvalue weighted by Gasteiger charge is 2.21. The van der Waals surface area contributed by atoms with Gasteiger partial charge in [-0.3, -0.25) is 10.1 Å². The number of nitrogens with zero attached hydrogens (tertiary/aromatic N) is 1. The van der Waals surface area contributed by atoms with E-state index >= 15 is 0 Å². The van der Waals surface area contributed by atoms with Gasteiger partial charge in [0, 0.05) is 11.6 Å². The largest absolute Gasteiger partial charge is 0.477 e. The van der Waals surface area contributed by atoms with Crippen LogP contribution >= 0.6 is 23.2 Å². The average Bonchev–Trinajstić information content (AvgIpc) is 2.41. The van der Waals surface area contributed by atoms with Gasteiger partial charge in [-0.2, -0.15) is 0 Å². The Kier molecular flexibility index (Phi) is 3.92. The van der Waals surface area contributed by atoms with Crippen LogP contribution in [0.5, 0.6) is 0 Å². The maximum atomic E-state index is 10.9. The number of carboxylic acids is 1. The number of nitro benzene ring substituents is 1. The highest BCUT2D eigenvalue weighted by atomic mass is 35.5. The molecule has 0 saturated heterocycles. The van der Waals surface area contributed by atoms with E-state index in [2.05, 4.69) is 0 Å². The van der Waals surface area contributed by atoms with Gasteiger partial charge in [0.25, 0.3) is 5.69 Å². The average molecular weight is 312 g/mol. The summed E-state index contributed by atoms with van der Waals surface area (Å²) in [6.07, 6.45) is 0. The smallest absolute Gasteiger partial charge is 0.342 e. The van der Waals surface area contributed by atoms with Crippen molar-refractivity contribution in [3.8, 4) is 11.1 Å². The molecule has 0 saturated carbocycles. The van der Waals surface area contributed by atoms with Gasteiger partial charge in [0.15, 0.2) is 0 Å². The van der Waals surface area contributed by atoms with Gasteiger partial charge in [0.2, 0.25) is 0 Å². The van der Waals surface area contributed by atoms with Crippen molar-refractivity contribution < 1.29 is 14.8 Å². The van der Waals surface area contributed by atoms with Gasteiger partial charge in [-0.1, -0.05) is 41.4 Å². The van der Waals surface area contributed by atoms with Gasteiger partial charge in [-0.05, 0) is 17.7 Å². The molecule has 102 valence electrons. The summed E-state index contributed by atoms with van der Waals surface area (Å²) in [6.45, 7) is 0. The minimum absolute atomic E-state index is 0.256. The molecule has 2 aromatic rings. The van der Waals surface area contributed by atoms with Crippen LogP contribution in [0.25, 0.3) is 11.1 Å². The van der Waals surface area contributed by atoms with E-state index in [4.69, 9.17) is 28.3 Å². The molecular weight excluding hydrogens is 305 g/mol. The molecule has 20 heavy (non-hydrogen) atoms. The van der Waals surface area contributed by atoms with E-state index in [-0.39, 0.29) is 10.6 Å². The number of rotatable bonds is 3. The van der Waals surface area contributed by atoms with Crippen LogP contribution in [0.3, 0.4) is 0 Å². The lowest BCUT2D eigenvalue weighted by atomic mass is 10.0. The Balaban J connectivity index is 2.65. The summed E-state index contributed by atoms with van der Waals surface area (Å²) < 4.78 is 0. The highest BCUT2D eigenvalue weighted by Crippen LogP contribution is 2.35. The third-order valence-corrected chi connectivity index (χ3v) is 3.51. The first-order chi connectivity index (χ1) is 9.41. The molecule has 0 aliphatic rings. The zero-order valence-corrected chi connectivity index (χ0v) is 11.4. The number of carboxylic acid groups (broad SMARTS) is 1. The van der Waals surface area contributed by atoms with Crippen LogP contribution in [-0.2, 0) is 0 Å². The van der Waals surface area contributed by atoms with Crippen LogP contribution in [-0.4, -0.2) is 16.0 Å². The molecule has 2 rings (SSSR count). The van der Waals surface area contributed by atoms with Crippen LogP contribution in [0.2, 0.25) is 10.0 Å². The van der Waals surface area contributed by atoms with E-state index in [1.165, 1.54) is 18.2 Å². The normalized spacial score (nSPS) is 10.3. The van der Waals surface area contributed by atoms with E-state index < -0.39 is 16.6 Å². The highest BCUT2D eigenvalue weighted by molar-refractivity contribution is 6.43. The minimum Gasteiger partial charge on any atom is -0.477 e. The lowest BCUT2D eigenvalue weighted by Crippen LogP contribution is -2.02. The van der Waals surface area contributed by atoms with Crippen molar-refractivity contribution in [3.05, 3.63) is 62.1 Å². The first-order valence-electron chi connectivity index (χ1n) is 5.38. The van der Waals surface area contributed by atoms with Crippen molar-refractivity contribution >= 4 is 34.9 Å². The number of hydrogen-bond donors (Lipinski definition) is 1. The molecule has 0 aliphatic heterocycles. The Morgan fingerprint density at radius 3 is 2.50 bits per heavy atom. The number of nitro groups is 1. The summed E-state index contributed by atoms with van der Waals surface area (Å²) >= 11 is 11.9. The summed E-state index contributed by atoms with van der Waals surface area (Å²) in [4.78, 5) is 21.1. The Labute approximate surface area is 123 Å². The molecule has 5 nitrogen and oxygen atoms in total. The summed E-state index contributed by atoms with van der Waals surface area (Å²) in [5.74, 6) is -1.36. The predicted molar refractivity (Wildman–Crippen MR) is 75.5 cm³/mol. The molecule has 0 spiro atoms. The molecule has 0 unspecified atom stereocenters. The second-order valence-corrected chi connectivity index (χ2v) is 4.68. The molecular formula is C13H7Cl2NO4. The Morgan fingerprint density at radius 1 is 1.20 bits per heavy atom. The van der Waals surface area contributed by atoms with Crippen molar-refractivity contribution in [2.75, 3.05) is 0 Å². The fourth-order valence-electron chi connectivity index (χ4n) is 1.76. The molecule has 0 heterocycles. The standard InChI is InChI=1S/C13H7Cl2NO4/c14-10-3-1-2-8(12(10)15)7-4-5-9(13(17)18)11(6-7)16(19)20/h1-6H,(H,17,18). The van der Waals surface area contributed by atoms with E-state index in [1.807, 2.05) is 0 Å². The zero-order valence-electron chi connectivity index (χ0n) is 9.84. The van der Waals surface area contributed by atoms with E-state index in [9.17, 15) is 14.9 Å². The predicted octanol–water partition coefficient (Wildman–Crippen LogP) is 4.27. The van der Waals surface area contributed by atoms with Gasteiger partial charge in [0.05, 0.1) is 15.0 Å². The third-order valence-electron chi connectivity index (χ3n) is 2.69. The van der Waals surface area contributed by atoms with Crippen LogP contribution in [0, 0.1) is 10.1 Å². The monoisotopic (exact) mass is 311 g/mol. The summed E-state index contributed by atoms with van der Waals surface area (Å²) in [7, 11) is 0. The van der Waals surface area contributed by atoms with Crippen molar-refractivity contribution in [1.29, 1.82) is 0 Å². The van der Waals surface area contributed by atoms with E-state index in [0.29, 0.717) is 16.1 Å². The zero-order chi connectivity index (χ0) is 14.9. The van der Waals surface area contributed by atoms with Crippen LogP contribution in [0.1, 0.15) is 10.4 Å². The van der Waals surface area contributed by atoms with Crippen molar-refractivity contribution in [2.24, 2.45) is 0 Å². The van der Waals surface area contributed by atoms with E-state index in [0.717, 1.165) is 0 Å². The molecule has 0 bridgehead atoms. The van der Waals surface area contributed by atoms with Crippen LogP contribution in [0.4, 0.5) is 5.69 Å². The molecule has 0 radical (unpaired) electrons. The topological polar surface area (TPSA) is 80.4 Å². The first-order valence-corrected chi connectivity index (χ1v) is 6.13. The number of benzene rings is 2. The molecule has 0 amide bonds. The molecule has 0 fully saturated rings. The van der Waals surface area contributed by atoms with E-state index in [1.54, 1.807) is 18.2 Å². The minimum atomic E-state index is -1.36. The van der Waals surface area contributed by atoms with Gasteiger partial charge in [-0.25, -0.2) is 4.79 Å². The summed E-state index contributed by atoms with van der Waals surface area (Å²) in [5.41, 5.74) is 0.0522. The SMILES string of the molecule is O=C(O)c1ccc(-c2cccc(Cl)c2Cl)cc1[N+](=O)[O-]. The second-order valence-electron chi connectivity index (χ2n) is 3.90. The fraction of sp³-hybridized carbons (Fsp3) is 0. The Hall–Kier alpha value is -2.11. The molecule has 2 aromatic carbocycles. The second kappa shape index (κ2) is 5.48. The summed E-state index contributed by atoms with van der Waals surface area (Å²) in [6, 6.07) is 8.68. The van der Waals surface area contributed by atoms with Gasteiger partial charge < -0.3 is 5.11 Å². The van der Waals surface area contributed by atoms with Crippen molar-refractivity contribution in [3.63, 3.8) is 0 Å². The molecule has 0 aliphatic carbocycles. The molecule has 1 N–H and O–H groups in total. The van der Waals surface area contributed by atoms with Crippen LogP contribution < -0.4 is 0 Å². The molecule has 0 atom stereocenters. The van der Waals surface area contributed by atoms with Crippen LogP contribution in [0.15, 0.2) is 36.4 Å². The number of carbonyl (C=O) groups is 1. The Bertz CT molecular complexity index is 716. The maximum Gasteiger partial charge on any atom is 0.342 e. The Morgan fingerprint density at radius 2 is 1.90 bits per heavy atom. The van der Waals surface area contributed by atoms with Gasteiger partial charge in [-0.15, -0.1) is 0 Å². The molecule has 7 heteroatoms. The molecule has 0 aromatic heterocycles. The van der Waals surface area contributed by atoms with Gasteiger partial charge >= 0.3 is 5.97 Å².